The van der Waals surface area contributed by atoms with Gasteiger partial charge in [0.2, 0.25) is 0 Å². The Morgan fingerprint density at radius 3 is 1.38 bits per heavy atom. The molecular formula is C10H28N2O. The molecule has 0 saturated heterocycles. The molecule has 0 heterocycles. The highest BCUT2D eigenvalue weighted by Gasteiger charge is 1.72. The van der Waals surface area contributed by atoms with E-state index in [1.54, 1.807) is 7.11 Å². The summed E-state index contributed by atoms with van der Waals surface area (Å²) in [6, 6.07) is 0. The molecule has 13 heavy (non-hydrogen) atoms. The molecule has 0 aliphatic rings. The van der Waals surface area contributed by atoms with E-state index in [1.165, 1.54) is 0 Å². The number of ether oxygens (including phenoxy) is 1. The summed E-state index contributed by atoms with van der Waals surface area (Å²) in [5, 5.41) is 2.93. The van der Waals surface area contributed by atoms with Crippen LogP contribution >= 0.6 is 0 Å². The van der Waals surface area contributed by atoms with E-state index in [2.05, 4.69) is 42.9 Å². The average Bonchev–Trinajstić information content (AvgIpc) is 2.18. The van der Waals surface area contributed by atoms with Crippen molar-refractivity contribution >= 4 is 0 Å². The molecule has 0 fully saturated rings. The predicted octanol–water partition coefficient (Wildman–Crippen LogP) is 1.45. The van der Waals surface area contributed by atoms with Crippen molar-refractivity contribution in [1.82, 2.24) is 10.2 Å². The van der Waals surface area contributed by atoms with E-state index in [0.717, 1.165) is 19.7 Å². The first kappa shape index (κ1) is 18.6. The van der Waals surface area contributed by atoms with Gasteiger partial charge in [0.15, 0.2) is 0 Å². The Morgan fingerprint density at radius 2 is 1.38 bits per heavy atom. The lowest BCUT2D eigenvalue weighted by Gasteiger charge is -2.00. The molecule has 3 nitrogen and oxygen atoms in total. The van der Waals surface area contributed by atoms with E-state index < -0.39 is 0 Å². The Labute approximate surface area is 84.5 Å². The third-order valence-electron chi connectivity index (χ3n) is 1.27. The molecule has 0 bridgehead atoms. The number of rotatable bonds is 3. The average molecular weight is 192 g/mol. The van der Waals surface area contributed by atoms with Gasteiger partial charge in [-0.25, -0.2) is 0 Å². The zero-order chi connectivity index (χ0) is 11.1. The largest absolute Gasteiger partial charge is 0.385 e. The first-order chi connectivity index (χ1) is 6.10. The summed E-state index contributed by atoms with van der Waals surface area (Å²) in [6.07, 6.45) is 0. The Balaban J connectivity index is -0.000000117. The second-order valence-corrected chi connectivity index (χ2v) is 2.68. The Bertz CT molecular complexity index is 50.9. The highest BCUT2D eigenvalue weighted by atomic mass is 16.5. The van der Waals surface area contributed by atoms with Crippen LogP contribution < -0.4 is 5.32 Å². The van der Waals surface area contributed by atoms with Gasteiger partial charge in [0.1, 0.15) is 0 Å². The molecule has 0 aromatic carbocycles. The van der Waals surface area contributed by atoms with Crippen LogP contribution in [0.4, 0.5) is 0 Å². The lowest BCUT2D eigenvalue weighted by atomic mass is 10.7. The standard InChI is InChI=1S/C4H11N.C3H9N.C3H8O/c1-4-5(2)3;2*1-3-4-2/h4H2,1-3H3;4H,3H2,1-2H3;3H2,1-2H3. The molecule has 3 heteroatoms. The van der Waals surface area contributed by atoms with Crippen molar-refractivity contribution in [2.45, 2.75) is 20.8 Å². The minimum atomic E-state index is 0.819. The fourth-order valence-corrected chi connectivity index (χ4v) is 0. The molecule has 0 aliphatic carbocycles. The zero-order valence-corrected chi connectivity index (χ0v) is 10.5. The first-order valence-electron chi connectivity index (χ1n) is 4.88. The Morgan fingerprint density at radius 1 is 1.15 bits per heavy atom. The van der Waals surface area contributed by atoms with Gasteiger partial charge in [0, 0.05) is 13.7 Å². The topological polar surface area (TPSA) is 24.5 Å². The van der Waals surface area contributed by atoms with Crippen molar-refractivity contribution in [3.63, 3.8) is 0 Å². The monoisotopic (exact) mass is 192 g/mol. The Hall–Kier alpha value is -0.120. The zero-order valence-electron chi connectivity index (χ0n) is 10.5. The van der Waals surface area contributed by atoms with Crippen LogP contribution in [0.3, 0.4) is 0 Å². The van der Waals surface area contributed by atoms with Crippen LogP contribution in [0.5, 0.6) is 0 Å². The molecule has 0 radical (unpaired) electrons. The minimum Gasteiger partial charge on any atom is -0.385 e. The van der Waals surface area contributed by atoms with Crippen molar-refractivity contribution in [2.24, 2.45) is 0 Å². The van der Waals surface area contributed by atoms with E-state index in [-0.39, 0.29) is 0 Å². The second kappa shape index (κ2) is 22.6. The van der Waals surface area contributed by atoms with Gasteiger partial charge in [-0.3, -0.25) is 0 Å². The van der Waals surface area contributed by atoms with Gasteiger partial charge in [-0.15, -0.1) is 0 Å². The number of nitrogens with zero attached hydrogens (tertiary/aromatic N) is 1. The summed E-state index contributed by atoms with van der Waals surface area (Å²) in [5.74, 6) is 0. The summed E-state index contributed by atoms with van der Waals surface area (Å²) in [5.41, 5.74) is 0. The van der Waals surface area contributed by atoms with Crippen molar-refractivity contribution in [2.75, 3.05) is 47.9 Å². The normalized spacial score (nSPS) is 8.31. The maximum atomic E-state index is 4.54. The van der Waals surface area contributed by atoms with Crippen LogP contribution in [0.2, 0.25) is 0 Å². The molecular weight excluding hydrogens is 164 g/mol. The molecule has 1 N–H and O–H groups in total. The number of hydrogen-bond donors (Lipinski definition) is 1. The molecule has 0 aromatic heterocycles. The smallest absolute Gasteiger partial charge is 0.0433 e. The maximum absolute atomic E-state index is 4.54. The molecule has 0 spiro atoms. The number of methoxy groups -OCH3 is 1. The van der Waals surface area contributed by atoms with E-state index >= 15 is 0 Å². The van der Waals surface area contributed by atoms with Crippen LogP contribution in [0.25, 0.3) is 0 Å². The van der Waals surface area contributed by atoms with Crippen molar-refractivity contribution in [3.05, 3.63) is 0 Å². The lowest BCUT2D eigenvalue weighted by molar-refractivity contribution is 0.215. The molecule has 0 unspecified atom stereocenters. The van der Waals surface area contributed by atoms with E-state index in [4.69, 9.17) is 0 Å². The van der Waals surface area contributed by atoms with E-state index in [1.807, 2.05) is 14.0 Å². The predicted molar refractivity (Wildman–Crippen MR) is 61.4 cm³/mol. The van der Waals surface area contributed by atoms with Crippen LogP contribution in [0, 0.1) is 0 Å². The van der Waals surface area contributed by atoms with Crippen molar-refractivity contribution in [3.8, 4) is 0 Å². The van der Waals surface area contributed by atoms with Gasteiger partial charge >= 0.3 is 0 Å². The van der Waals surface area contributed by atoms with Gasteiger partial charge in [-0.2, -0.15) is 0 Å². The highest BCUT2D eigenvalue weighted by molar-refractivity contribution is 4.25. The Kier molecular flexibility index (Phi) is 32.4. The van der Waals surface area contributed by atoms with Crippen LogP contribution in [0.1, 0.15) is 20.8 Å². The van der Waals surface area contributed by atoms with Crippen LogP contribution in [0.15, 0.2) is 0 Å². The molecule has 0 rings (SSSR count). The number of hydrogen-bond acceptors (Lipinski definition) is 3. The maximum Gasteiger partial charge on any atom is 0.0433 e. The third-order valence-corrected chi connectivity index (χ3v) is 1.27. The minimum absolute atomic E-state index is 0.819. The van der Waals surface area contributed by atoms with Crippen molar-refractivity contribution in [1.29, 1.82) is 0 Å². The van der Waals surface area contributed by atoms with Gasteiger partial charge in [0.25, 0.3) is 0 Å². The molecule has 0 aliphatic heterocycles. The van der Waals surface area contributed by atoms with E-state index in [0.29, 0.717) is 0 Å². The first-order valence-corrected chi connectivity index (χ1v) is 4.88. The second-order valence-electron chi connectivity index (χ2n) is 2.68. The van der Waals surface area contributed by atoms with Crippen LogP contribution in [-0.4, -0.2) is 52.8 Å². The van der Waals surface area contributed by atoms with Gasteiger partial charge in [-0.05, 0) is 41.2 Å². The van der Waals surface area contributed by atoms with E-state index in [9.17, 15) is 0 Å². The molecule has 0 aromatic rings. The SMILES string of the molecule is CCN(C)C.CCNC.CCOC. The van der Waals surface area contributed by atoms with Crippen LogP contribution in [-0.2, 0) is 4.74 Å². The molecule has 0 atom stereocenters. The van der Waals surface area contributed by atoms with Gasteiger partial charge in [0.05, 0.1) is 0 Å². The molecule has 0 amide bonds. The summed E-state index contributed by atoms with van der Waals surface area (Å²) in [4.78, 5) is 2.12. The molecule has 84 valence electrons. The lowest BCUT2D eigenvalue weighted by Crippen LogP contribution is -2.08. The summed E-state index contributed by atoms with van der Waals surface area (Å²) >= 11 is 0. The summed E-state index contributed by atoms with van der Waals surface area (Å²) in [6.45, 7) is 9.18. The van der Waals surface area contributed by atoms with Gasteiger partial charge in [-0.1, -0.05) is 13.8 Å². The fourth-order valence-electron chi connectivity index (χ4n) is 0. The quantitative estimate of drug-likeness (QED) is 0.732. The van der Waals surface area contributed by atoms with Gasteiger partial charge < -0.3 is 15.0 Å². The number of nitrogens with one attached hydrogen (secondary N) is 1. The summed E-state index contributed by atoms with van der Waals surface area (Å²) in [7, 11) is 7.72. The van der Waals surface area contributed by atoms with Crippen molar-refractivity contribution < 1.29 is 4.74 Å². The molecule has 0 saturated carbocycles. The third kappa shape index (κ3) is 77.0. The highest BCUT2D eigenvalue weighted by Crippen LogP contribution is 1.63. The fraction of sp³-hybridized carbons (Fsp3) is 1.00. The summed E-state index contributed by atoms with van der Waals surface area (Å²) < 4.78 is 4.54.